The Hall–Kier alpha value is -0.610. The number of fused-ring (bicyclic) bond motifs is 5. The predicted octanol–water partition coefficient (Wildman–Crippen LogP) is 1.09. The van der Waals surface area contributed by atoms with E-state index >= 15 is 0 Å². The van der Waals surface area contributed by atoms with Crippen molar-refractivity contribution in [2.24, 2.45) is 11.8 Å². The quantitative estimate of drug-likeness (QED) is 0.564. The molecule has 0 aromatic carbocycles. The lowest BCUT2D eigenvalue weighted by atomic mass is 10.0. The Bertz CT molecular complexity index is 299. The molecule has 2 bridgehead atoms. The van der Waals surface area contributed by atoms with Gasteiger partial charge in [-0.25, -0.2) is 0 Å². The highest BCUT2D eigenvalue weighted by Gasteiger charge is 2.55. The van der Waals surface area contributed by atoms with Crippen LogP contribution in [-0.4, -0.2) is 30.6 Å². The molecule has 3 rings (SSSR count). The summed E-state index contributed by atoms with van der Waals surface area (Å²) in [6.45, 7) is 4.36. The van der Waals surface area contributed by atoms with E-state index < -0.39 is 5.79 Å². The number of hydrogen-bond donors (Lipinski definition) is 0. The summed E-state index contributed by atoms with van der Waals surface area (Å²) in [5.41, 5.74) is 0. The molecular weight excluding hydrogens is 196 g/mol. The number of esters is 1. The SMILES string of the molecule is CC1(C)O[C@@H]2[C@H]3COC(=O)C[C@H](C3)[C@@H]2O1. The van der Waals surface area contributed by atoms with Crippen molar-refractivity contribution in [2.75, 3.05) is 6.61 Å². The molecule has 0 N–H and O–H groups in total. The van der Waals surface area contributed by atoms with Crippen LogP contribution in [0.15, 0.2) is 0 Å². The van der Waals surface area contributed by atoms with E-state index in [1.54, 1.807) is 0 Å². The third kappa shape index (κ3) is 1.47. The number of carbonyl (C=O) groups excluding carboxylic acids is 1. The van der Waals surface area contributed by atoms with Crippen LogP contribution in [0, 0.1) is 11.8 Å². The Morgan fingerprint density at radius 3 is 2.60 bits per heavy atom. The zero-order chi connectivity index (χ0) is 10.6. The van der Waals surface area contributed by atoms with E-state index in [4.69, 9.17) is 14.2 Å². The summed E-state index contributed by atoms with van der Waals surface area (Å²) in [4.78, 5) is 11.3. The van der Waals surface area contributed by atoms with E-state index in [2.05, 4.69) is 0 Å². The maximum Gasteiger partial charge on any atom is 0.306 e. The van der Waals surface area contributed by atoms with Crippen LogP contribution in [0.1, 0.15) is 26.7 Å². The van der Waals surface area contributed by atoms with Gasteiger partial charge in [-0.3, -0.25) is 4.79 Å². The van der Waals surface area contributed by atoms with Crippen molar-refractivity contribution in [3.05, 3.63) is 0 Å². The topological polar surface area (TPSA) is 44.8 Å². The van der Waals surface area contributed by atoms with Crippen LogP contribution in [0.4, 0.5) is 0 Å². The third-order valence-electron chi connectivity index (χ3n) is 3.59. The van der Waals surface area contributed by atoms with Crippen LogP contribution in [0.25, 0.3) is 0 Å². The highest BCUT2D eigenvalue weighted by Crippen LogP contribution is 2.47. The van der Waals surface area contributed by atoms with Gasteiger partial charge in [-0.05, 0) is 26.2 Å². The summed E-state index contributed by atoms with van der Waals surface area (Å²) in [6.07, 6.45) is 1.70. The summed E-state index contributed by atoms with van der Waals surface area (Å²) < 4.78 is 16.9. The molecule has 84 valence electrons. The number of hydrogen-bond acceptors (Lipinski definition) is 4. The standard InChI is InChI=1S/C11H16O4/c1-11(2)14-9-6-3-7(10(9)15-11)5-13-8(12)4-6/h6-7,9-10H,3-5H2,1-2H3/t6-,7+,9-,10+/m0/s1. The van der Waals surface area contributed by atoms with Crippen LogP contribution in [0.5, 0.6) is 0 Å². The van der Waals surface area contributed by atoms with Crippen LogP contribution in [0.3, 0.4) is 0 Å². The van der Waals surface area contributed by atoms with Gasteiger partial charge in [-0.2, -0.15) is 0 Å². The molecule has 0 aromatic rings. The van der Waals surface area contributed by atoms with Crippen molar-refractivity contribution in [2.45, 2.75) is 44.7 Å². The molecule has 0 amide bonds. The maximum atomic E-state index is 11.3. The van der Waals surface area contributed by atoms with Crippen LogP contribution >= 0.6 is 0 Å². The molecule has 4 nitrogen and oxygen atoms in total. The van der Waals surface area contributed by atoms with Gasteiger partial charge in [0, 0.05) is 5.92 Å². The number of rotatable bonds is 0. The molecule has 2 aliphatic heterocycles. The fourth-order valence-electron chi connectivity index (χ4n) is 3.04. The molecule has 1 saturated carbocycles. The van der Waals surface area contributed by atoms with Gasteiger partial charge in [-0.15, -0.1) is 0 Å². The van der Waals surface area contributed by atoms with Gasteiger partial charge in [0.15, 0.2) is 5.79 Å². The molecule has 0 radical (unpaired) electrons. The normalized spacial score (nSPS) is 47.2. The number of ether oxygens (including phenoxy) is 3. The second-order valence-electron chi connectivity index (χ2n) is 5.21. The molecule has 2 heterocycles. The summed E-state index contributed by atoms with van der Waals surface area (Å²) in [6, 6.07) is 0. The lowest BCUT2D eigenvalue weighted by Crippen LogP contribution is -2.31. The van der Waals surface area contributed by atoms with Crippen molar-refractivity contribution >= 4 is 5.97 Å². The monoisotopic (exact) mass is 212 g/mol. The molecule has 4 atom stereocenters. The minimum Gasteiger partial charge on any atom is -0.465 e. The molecule has 3 fully saturated rings. The summed E-state index contributed by atoms with van der Waals surface area (Å²) in [7, 11) is 0. The van der Waals surface area contributed by atoms with Crippen molar-refractivity contribution < 1.29 is 19.0 Å². The molecule has 0 spiro atoms. The maximum absolute atomic E-state index is 11.3. The van der Waals surface area contributed by atoms with Crippen molar-refractivity contribution in [3.8, 4) is 0 Å². The van der Waals surface area contributed by atoms with Crippen molar-refractivity contribution in [1.29, 1.82) is 0 Å². The predicted molar refractivity (Wildman–Crippen MR) is 51.0 cm³/mol. The van der Waals surface area contributed by atoms with Crippen molar-refractivity contribution in [3.63, 3.8) is 0 Å². The second-order valence-corrected chi connectivity index (χ2v) is 5.21. The van der Waals surface area contributed by atoms with Crippen LogP contribution in [-0.2, 0) is 19.0 Å². The first-order chi connectivity index (χ1) is 7.05. The molecule has 3 aliphatic rings. The van der Waals surface area contributed by atoms with E-state index in [-0.39, 0.29) is 24.1 Å². The lowest BCUT2D eigenvalue weighted by Gasteiger charge is -2.21. The van der Waals surface area contributed by atoms with E-state index in [1.165, 1.54) is 0 Å². The van der Waals surface area contributed by atoms with Gasteiger partial charge in [0.1, 0.15) is 0 Å². The van der Waals surface area contributed by atoms with Crippen molar-refractivity contribution in [1.82, 2.24) is 0 Å². The minimum absolute atomic E-state index is 0.0887. The van der Waals surface area contributed by atoms with E-state index in [9.17, 15) is 4.79 Å². The fraction of sp³-hybridized carbons (Fsp3) is 0.909. The second kappa shape index (κ2) is 2.95. The van der Waals surface area contributed by atoms with Crippen LogP contribution in [0.2, 0.25) is 0 Å². The molecule has 15 heavy (non-hydrogen) atoms. The van der Waals surface area contributed by atoms with E-state index in [1.807, 2.05) is 13.8 Å². The first kappa shape index (κ1) is 9.60. The zero-order valence-corrected chi connectivity index (χ0v) is 9.06. The van der Waals surface area contributed by atoms with Gasteiger partial charge in [0.25, 0.3) is 0 Å². The fourth-order valence-corrected chi connectivity index (χ4v) is 3.04. The Morgan fingerprint density at radius 1 is 1.20 bits per heavy atom. The minimum atomic E-state index is -0.500. The Labute approximate surface area is 88.9 Å². The first-order valence-electron chi connectivity index (χ1n) is 5.56. The van der Waals surface area contributed by atoms with E-state index in [0.29, 0.717) is 18.9 Å². The lowest BCUT2D eigenvalue weighted by molar-refractivity contribution is -0.161. The Kier molecular flexibility index (Phi) is 1.89. The molecule has 0 aromatic heterocycles. The largest absolute Gasteiger partial charge is 0.465 e. The molecular formula is C11H16O4. The number of carbonyl (C=O) groups is 1. The summed E-state index contributed by atoms with van der Waals surface area (Å²) >= 11 is 0. The third-order valence-corrected chi connectivity index (χ3v) is 3.59. The first-order valence-corrected chi connectivity index (χ1v) is 5.56. The Morgan fingerprint density at radius 2 is 1.87 bits per heavy atom. The molecule has 4 heteroatoms. The average molecular weight is 212 g/mol. The highest BCUT2D eigenvalue weighted by molar-refractivity contribution is 5.70. The molecule has 2 saturated heterocycles. The molecule has 0 unspecified atom stereocenters. The van der Waals surface area contributed by atoms with Gasteiger partial charge in [-0.1, -0.05) is 0 Å². The van der Waals surface area contributed by atoms with Gasteiger partial charge < -0.3 is 14.2 Å². The van der Waals surface area contributed by atoms with Crippen LogP contribution < -0.4 is 0 Å². The smallest absolute Gasteiger partial charge is 0.306 e. The summed E-state index contributed by atoms with van der Waals surface area (Å²) in [5, 5.41) is 0. The van der Waals surface area contributed by atoms with Gasteiger partial charge in [0.2, 0.25) is 0 Å². The number of cyclic esters (lactones) is 1. The zero-order valence-electron chi connectivity index (χ0n) is 9.06. The highest BCUT2D eigenvalue weighted by atomic mass is 16.8. The molecule has 1 aliphatic carbocycles. The van der Waals surface area contributed by atoms with E-state index in [0.717, 1.165) is 6.42 Å². The summed E-state index contributed by atoms with van der Waals surface area (Å²) in [5.74, 6) is 0.0267. The van der Waals surface area contributed by atoms with Gasteiger partial charge >= 0.3 is 5.97 Å². The average Bonchev–Trinajstić information content (AvgIpc) is 2.51. The Balaban J connectivity index is 1.85. The van der Waals surface area contributed by atoms with Gasteiger partial charge in [0.05, 0.1) is 25.2 Å².